The molecular weight excluding hydrogens is 248 g/mol. The highest BCUT2D eigenvalue weighted by atomic mass is 16.6. The van der Waals surface area contributed by atoms with Crippen molar-refractivity contribution in [3.8, 4) is 0 Å². The van der Waals surface area contributed by atoms with E-state index in [9.17, 15) is 14.7 Å². The third-order valence-electron chi connectivity index (χ3n) is 3.74. The topological polar surface area (TPSA) is 72.8 Å². The minimum atomic E-state index is -1.36. The number of hydrogen-bond donors (Lipinski definition) is 1. The zero-order chi connectivity index (χ0) is 14.7. The van der Waals surface area contributed by atoms with Gasteiger partial charge < -0.3 is 14.6 Å². The molecule has 1 N–H and O–H groups in total. The molecule has 108 valence electrons. The number of aliphatic hydroxyl groups excluding tert-OH is 1. The second-order valence-electron chi connectivity index (χ2n) is 5.20. The molecule has 0 aliphatic heterocycles. The molecule has 1 aliphatic rings. The highest BCUT2D eigenvalue weighted by Gasteiger charge is 2.59. The van der Waals surface area contributed by atoms with Crippen LogP contribution in [0.3, 0.4) is 0 Å². The smallest absolute Gasteiger partial charge is 0.323 e. The molecule has 1 saturated carbocycles. The minimum absolute atomic E-state index is 0.160. The molecule has 0 saturated heterocycles. The number of hydrogen-bond acceptors (Lipinski definition) is 5. The molecule has 0 aromatic heterocycles. The predicted molar refractivity (Wildman–Crippen MR) is 69.3 cm³/mol. The van der Waals surface area contributed by atoms with Crippen LogP contribution in [0.15, 0.2) is 12.2 Å². The highest BCUT2D eigenvalue weighted by Crippen LogP contribution is 2.53. The van der Waals surface area contributed by atoms with Crippen molar-refractivity contribution in [3.05, 3.63) is 12.2 Å². The molecule has 0 amide bonds. The van der Waals surface area contributed by atoms with Crippen LogP contribution in [0.25, 0.3) is 0 Å². The maximum atomic E-state index is 12.2. The maximum absolute atomic E-state index is 12.2. The Morgan fingerprint density at radius 1 is 1.26 bits per heavy atom. The summed E-state index contributed by atoms with van der Waals surface area (Å²) in [5.74, 6) is -1.18. The summed E-state index contributed by atoms with van der Waals surface area (Å²) in [6.45, 7) is 9.28. The predicted octanol–water partition coefficient (Wildman–Crippen LogP) is 1.45. The summed E-state index contributed by atoms with van der Waals surface area (Å²) in [4.78, 5) is 24.4. The van der Waals surface area contributed by atoms with E-state index < -0.39 is 22.8 Å². The molecule has 5 nitrogen and oxygen atoms in total. The van der Waals surface area contributed by atoms with Crippen molar-refractivity contribution in [2.24, 2.45) is 10.8 Å². The molecule has 1 atom stereocenters. The standard InChI is InChI=1S/C14H22O5/c1-5-18-11(16)14(12(17)19-6-2)7-10(3)13(4,8-14)9-15/h15H,3,5-9H2,1-2,4H3/t13-/m0/s1. The van der Waals surface area contributed by atoms with E-state index >= 15 is 0 Å². The lowest BCUT2D eigenvalue weighted by atomic mass is 9.80. The van der Waals surface area contributed by atoms with Crippen LogP contribution in [0.1, 0.15) is 33.6 Å². The molecule has 0 unspecified atom stereocenters. The summed E-state index contributed by atoms with van der Waals surface area (Å²) in [7, 11) is 0. The van der Waals surface area contributed by atoms with Gasteiger partial charge in [-0.05, 0) is 26.7 Å². The quantitative estimate of drug-likeness (QED) is 0.465. The van der Waals surface area contributed by atoms with Crippen LogP contribution >= 0.6 is 0 Å². The van der Waals surface area contributed by atoms with Gasteiger partial charge in [-0.15, -0.1) is 0 Å². The van der Waals surface area contributed by atoms with Gasteiger partial charge in [0.05, 0.1) is 19.8 Å². The summed E-state index contributed by atoms with van der Waals surface area (Å²) < 4.78 is 10.0. The second-order valence-corrected chi connectivity index (χ2v) is 5.20. The third kappa shape index (κ3) is 2.66. The van der Waals surface area contributed by atoms with Crippen LogP contribution in [0.5, 0.6) is 0 Å². The van der Waals surface area contributed by atoms with Gasteiger partial charge >= 0.3 is 11.9 Å². The van der Waals surface area contributed by atoms with E-state index in [1.165, 1.54) is 0 Å². The van der Waals surface area contributed by atoms with E-state index in [2.05, 4.69) is 6.58 Å². The van der Waals surface area contributed by atoms with E-state index in [1.807, 2.05) is 0 Å². The lowest BCUT2D eigenvalue weighted by molar-refractivity contribution is -0.172. The lowest BCUT2D eigenvalue weighted by Crippen LogP contribution is -2.41. The Bertz CT molecular complexity index is 369. The summed E-state index contributed by atoms with van der Waals surface area (Å²) >= 11 is 0. The van der Waals surface area contributed by atoms with E-state index in [-0.39, 0.29) is 32.7 Å². The van der Waals surface area contributed by atoms with Gasteiger partial charge in [0.15, 0.2) is 5.41 Å². The fourth-order valence-corrected chi connectivity index (χ4v) is 2.51. The zero-order valence-electron chi connectivity index (χ0n) is 11.8. The average Bonchev–Trinajstić information content (AvgIpc) is 2.65. The van der Waals surface area contributed by atoms with Crippen molar-refractivity contribution in [1.82, 2.24) is 0 Å². The Morgan fingerprint density at radius 2 is 1.74 bits per heavy atom. The van der Waals surface area contributed by atoms with E-state index in [0.29, 0.717) is 5.57 Å². The summed E-state index contributed by atoms with van der Waals surface area (Å²) in [6, 6.07) is 0. The Hall–Kier alpha value is -1.36. The van der Waals surface area contributed by atoms with Gasteiger partial charge in [-0.3, -0.25) is 9.59 Å². The Kier molecular flexibility index (Phi) is 4.74. The first-order chi connectivity index (χ1) is 8.86. The molecule has 0 heterocycles. The van der Waals surface area contributed by atoms with Crippen LogP contribution in [0, 0.1) is 10.8 Å². The molecule has 0 aromatic carbocycles. The van der Waals surface area contributed by atoms with E-state index in [4.69, 9.17) is 9.47 Å². The number of rotatable bonds is 5. The molecule has 1 aliphatic carbocycles. The molecule has 0 aromatic rings. The number of carbonyl (C=O) groups excluding carboxylic acids is 2. The van der Waals surface area contributed by atoms with Crippen molar-refractivity contribution in [1.29, 1.82) is 0 Å². The SMILES string of the molecule is C=C1CC(C(=O)OCC)(C(=O)OCC)C[C@@]1(C)CO. The largest absolute Gasteiger partial charge is 0.465 e. The van der Waals surface area contributed by atoms with Crippen molar-refractivity contribution < 1.29 is 24.2 Å². The van der Waals surface area contributed by atoms with Crippen molar-refractivity contribution in [3.63, 3.8) is 0 Å². The van der Waals surface area contributed by atoms with Crippen LogP contribution in [0.2, 0.25) is 0 Å². The maximum Gasteiger partial charge on any atom is 0.323 e. The van der Waals surface area contributed by atoms with Crippen molar-refractivity contribution in [2.75, 3.05) is 19.8 Å². The van der Waals surface area contributed by atoms with Crippen LogP contribution in [-0.4, -0.2) is 36.9 Å². The molecule has 0 bridgehead atoms. The number of ether oxygens (including phenoxy) is 2. The summed E-state index contributed by atoms with van der Waals surface area (Å²) in [5.41, 5.74) is -1.34. The second kappa shape index (κ2) is 5.74. The fraction of sp³-hybridized carbons (Fsp3) is 0.714. The summed E-state index contributed by atoms with van der Waals surface area (Å²) in [6.07, 6.45) is 0.342. The normalized spacial score (nSPS) is 25.2. The highest BCUT2D eigenvalue weighted by molar-refractivity contribution is 6.01. The first-order valence-electron chi connectivity index (χ1n) is 6.50. The Morgan fingerprint density at radius 3 is 2.05 bits per heavy atom. The fourth-order valence-electron chi connectivity index (χ4n) is 2.51. The molecule has 5 heteroatoms. The van der Waals surface area contributed by atoms with Crippen molar-refractivity contribution in [2.45, 2.75) is 33.6 Å². The number of carbonyl (C=O) groups is 2. The average molecular weight is 270 g/mol. The van der Waals surface area contributed by atoms with Gasteiger partial charge in [-0.2, -0.15) is 0 Å². The van der Waals surface area contributed by atoms with Gasteiger partial charge in [0.2, 0.25) is 0 Å². The first kappa shape index (κ1) is 15.7. The minimum Gasteiger partial charge on any atom is -0.465 e. The molecule has 1 rings (SSSR count). The number of esters is 2. The van der Waals surface area contributed by atoms with Gasteiger partial charge in [0.1, 0.15) is 0 Å². The molecule has 1 fully saturated rings. The van der Waals surface area contributed by atoms with Gasteiger partial charge in [0, 0.05) is 5.41 Å². The van der Waals surface area contributed by atoms with Crippen LogP contribution in [-0.2, 0) is 19.1 Å². The molecule has 0 radical (unpaired) electrons. The van der Waals surface area contributed by atoms with Gasteiger partial charge in [-0.25, -0.2) is 0 Å². The monoisotopic (exact) mass is 270 g/mol. The lowest BCUT2D eigenvalue weighted by Gasteiger charge is -2.27. The van der Waals surface area contributed by atoms with Crippen molar-refractivity contribution >= 4 is 11.9 Å². The zero-order valence-corrected chi connectivity index (χ0v) is 11.8. The first-order valence-corrected chi connectivity index (χ1v) is 6.50. The van der Waals surface area contributed by atoms with Crippen LogP contribution in [0.4, 0.5) is 0 Å². The van der Waals surface area contributed by atoms with E-state index in [1.54, 1.807) is 20.8 Å². The van der Waals surface area contributed by atoms with Gasteiger partial charge in [-0.1, -0.05) is 19.1 Å². The van der Waals surface area contributed by atoms with Gasteiger partial charge in [0.25, 0.3) is 0 Å². The Labute approximate surface area is 113 Å². The van der Waals surface area contributed by atoms with E-state index in [0.717, 1.165) is 0 Å². The Balaban J connectivity index is 3.13. The van der Waals surface area contributed by atoms with Crippen LogP contribution < -0.4 is 0 Å². The molecule has 19 heavy (non-hydrogen) atoms. The molecule has 0 spiro atoms. The molecular formula is C14H22O5. The number of aliphatic hydroxyl groups is 1. The summed E-state index contributed by atoms with van der Waals surface area (Å²) in [5, 5.41) is 9.49. The third-order valence-corrected chi connectivity index (χ3v) is 3.74.